The van der Waals surface area contributed by atoms with Crippen LogP contribution in [0.1, 0.15) is 17.2 Å². The van der Waals surface area contributed by atoms with Crippen LogP contribution in [0.25, 0.3) is 0 Å². The summed E-state index contributed by atoms with van der Waals surface area (Å²) >= 11 is 0. The van der Waals surface area contributed by atoms with E-state index in [0.29, 0.717) is 0 Å². The summed E-state index contributed by atoms with van der Waals surface area (Å²) in [5, 5.41) is 0. The number of rotatable bonds is 5. The van der Waals surface area contributed by atoms with Crippen LogP contribution in [0.3, 0.4) is 0 Å². The standard InChI is InChI=1S/C18H16O3/c1-20-14-21-18(16-10-6-3-7-11-16)17(19)13-12-15-8-4-2-5-9-15/h2-11,18H,14H2,1H3/t18-/m0/s1. The molecule has 2 aromatic rings. The predicted octanol–water partition coefficient (Wildman–Crippen LogP) is 2.97. The highest BCUT2D eigenvalue weighted by atomic mass is 16.7. The molecule has 0 N–H and O–H groups in total. The van der Waals surface area contributed by atoms with E-state index >= 15 is 0 Å². The Bertz CT molecular complexity index is 624. The summed E-state index contributed by atoms with van der Waals surface area (Å²) in [5.74, 6) is 5.20. The van der Waals surface area contributed by atoms with Gasteiger partial charge in [0.05, 0.1) is 0 Å². The Balaban J connectivity index is 2.17. The fraction of sp³-hybridized carbons (Fsp3) is 0.167. The average Bonchev–Trinajstić information content (AvgIpc) is 2.55. The highest BCUT2D eigenvalue weighted by Gasteiger charge is 2.19. The zero-order valence-corrected chi connectivity index (χ0v) is 11.8. The van der Waals surface area contributed by atoms with Gasteiger partial charge in [-0.2, -0.15) is 0 Å². The van der Waals surface area contributed by atoms with Crippen molar-refractivity contribution in [3.8, 4) is 11.8 Å². The Hall–Kier alpha value is -2.41. The number of Topliss-reactive ketones (excluding diaryl/α,β-unsaturated/α-hetero) is 1. The highest BCUT2D eigenvalue weighted by Crippen LogP contribution is 2.18. The number of ketones is 1. The van der Waals surface area contributed by atoms with E-state index in [0.717, 1.165) is 11.1 Å². The van der Waals surface area contributed by atoms with Gasteiger partial charge in [-0.05, 0) is 23.6 Å². The fourth-order valence-corrected chi connectivity index (χ4v) is 1.81. The maximum Gasteiger partial charge on any atom is 0.239 e. The van der Waals surface area contributed by atoms with Crippen molar-refractivity contribution in [1.82, 2.24) is 0 Å². The number of carbonyl (C=O) groups is 1. The van der Waals surface area contributed by atoms with Crippen LogP contribution in [0.2, 0.25) is 0 Å². The lowest BCUT2D eigenvalue weighted by Crippen LogP contribution is -2.15. The van der Waals surface area contributed by atoms with Gasteiger partial charge in [0.25, 0.3) is 0 Å². The quantitative estimate of drug-likeness (QED) is 0.624. The average molecular weight is 280 g/mol. The predicted molar refractivity (Wildman–Crippen MR) is 80.5 cm³/mol. The van der Waals surface area contributed by atoms with Gasteiger partial charge in [-0.1, -0.05) is 54.5 Å². The lowest BCUT2D eigenvalue weighted by molar-refractivity contribution is -0.134. The van der Waals surface area contributed by atoms with Gasteiger partial charge < -0.3 is 9.47 Å². The molecule has 21 heavy (non-hydrogen) atoms. The van der Waals surface area contributed by atoms with Crippen molar-refractivity contribution in [2.24, 2.45) is 0 Å². The Morgan fingerprint density at radius 3 is 2.29 bits per heavy atom. The van der Waals surface area contributed by atoms with Crippen LogP contribution >= 0.6 is 0 Å². The maximum atomic E-state index is 12.3. The Kier molecular flexibility index (Phi) is 5.71. The molecule has 0 radical (unpaired) electrons. The second-order valence-electron chi connectivity index (χ2n) is 4.34. The molecule has 0 spiro atoms. The van der Waals surface area contributed by atoms with E-state index < -0.39 is 6.10 Å². The molecule has 0 unspecified atom stereocenters. The van der Waals surface area contributed by atoms with E-state index in [1.165, 1.54) is 7.11 Å². The van der Waals surface area contributed by atoms with Crippen molar-refractivity contribution in [3.05, 3.63) is 71.8 Å². The van der Waals surface area contributed by atoms with Crippen LogP contribution in [0.4, 0.5) is 0 Å². The molecule has 0 aromatic heterocycles. The zero-order valence-electron chi connectivity index (χ0n) is 11.8. The summed E-state index contributed by atoms with van der Waals surface area (Å²) in [6, 6.07) is 18.6. The molecule has 0 saturated carbocycles. The van der Waals surface area contributed by atoms with Gasteiger partial charge in [-0.25, -0.2) is 0 Å². The number of benzene rings is 2. The van der Waals surface area contributed by atoms with Crippen molar-refractivity contribution < 1.29 is 14.3 Å². The topological polar surface area (TPSA) is 35.5 Å². The lowest BCUT2D eigenvalue weighted by atomic mass is 10.1. The monoisotopic (exact) mass is 280 g/mol. The summed E-state index contributed by atoms with van der Waals surface area (Å²) in [6.07, 6.45) is -0.734. The van der Waals surface area contributed by atoms with Crippen molar-refractivity contribution in [2.45, 2.75) is 6.10 Å². The third-order valence-electron chi connectivity index (χ3n) is 2.80. The third-order valence-corrected chi connectivity index (χ3v) is 2.80. The molecule has 0 amide bonds. The van der Waals surface area contributed by atoms with Crippen molar-refractivity contribution in [3.63, 3.8) is 0 Å². The number of ether oxygens (including phenoxy) is 2. The molecular weight excluding hydrogens is 264 g/mol. The summed E-state index contributed by atoms with van der Waals surface area (Å²) in [7, 11) is 1.52. The molecule has 0 bridgehead atoms. The second kappa shape index (κ2) is 8.01. The van der Waals surface area contributed by atoms with Crippen molar-refractivity contribution in [2.75, 3.05) is 13.9 Å². The van der Waals surface area contributed by atoms with Gasteiger partial charge in [0.1, 0.15) is 6.79 Å². The van der Waals surface area contributed by atoms with Gasteiger partial charge >= 0.3 is 0 Å². The molecule has 2 rings (SSSR count). The van der Waals surface area contributed by atoms with Crippen LogP contribution in [0, 0.1) is 11.8 Å². The first-order valence-electron chi connectivity index (χ1n) is 6.57. The first kappa shape index (κ1) is 15.0. The van der Waals surface area contributed by atoms with Gasteiger partial charge in [-0.15, -0.1) is 0 Å². The van der Waals surface area contributed by atoms with Gasteiger partial charge in [0, 0.05) is 12.7 Å². The molecule has 1 atom stereocenters. The lowest BCUT2D eigenvalue weighted by Gasteiger charge is -2.13. The molecule has 2 aromatic carbocycles. The Morgan fingerprint density at radius 2 is 1.67 bits per heavy atom. The van der Waals surface area contributed by atoms with Crippen LogP contribution in [0.5, 0.6) is 0 Å². The van der Waals surface area contributed by atoms with Crippen LogP contribution in [-0.2, 0) is 14.3 Å². The highest BCUT2D eigenvalue weighted by molar-refractivity contribution is 6.00. The largest absolute Gasteiger partial charge is 0.359 e. The minimum absolute atomic E-state index is 0.0400. The van der Waals surface area contributed by atoms with E-state index in [4.69, 9.17) is 9.47 Å². The zero-order chi connectivity index (χ0) is 14.9. The van der Waals surface area contributed by atoms with E-state index in [1.807, 2.05) is 60.7 Å². The SMILES string of the molecule is COCO[C@H](C(=O)C#Cc1ccccc1)c1ccccc1. The van der Waals surface area contributed by atoms with Crippen LogP contribution in [-0.4, -0.2) is 19.7 Å². The number of hydrogen-bond acceptors (Lipinski definition) is 3. The number of carbonyl (C=O) groups excluding carboxylic acids is 1. The summed E-state index contributed by atoms with van der Waals surface area (Å²) < 4.78 is 10.3. The van der Waals surface area contributed by atoms with E-state index in [-0.39, 0.29) is 12.6 Å². The molecule has 106 valence electrons. The van der Waals surface area contributed by atoms with Crippen molar-refractivity contribution >= 4 is 5.78 Å². The summed E-state index contributed by atoms with van der Waals surface area (Å²) in [4.78, 5) is 12.3. The normalized spacial score (nSPS) is 11.3. The van der Waals surface area contributed by atoms with Crippen molar-refractivity contribution in [1.29, 1.82) is 0 Å². The van der Waals surface area contributed by atoms with E-state index in [9.17, 15) is 4.79 Å². The van der Waals surface area contributed by atoms with E-state index in [1.54, 1.807) is 0 Å². The molecular formula is C18H16O3. The summed E-state index contributed by atoms with van der Waals surface area (Å²) in [6.45, 7) is 0.0400. The molecule has 3 nitrogen and oxygen atoms in total. The third kappa shape index (κ3) is 4.57. The molecule has 0 aliphatic rings. The number of methoxy groups -OCH3 is 1. The molecule has 0 heterocycles. The maximum absolute atomic E-state index is 12.3. The second-order valence-corrected chi connectivity index (χ2v) is 4.34. The first-order chi connectivity index (χ1) is 10.3. The number of hydrogen-bond donors (Lipinski definition) is 0. The minimum Gasteiger partial charge on any atom is -0.359 e. The van der Waals surface area contributed by atoms with Crippen LogP contribution in [0.15, 0.2) is 60.7 Å². The van der Waals surface area contributed by atoms with Gasteiger partial charge in [0.15, 0.2) is 6.10 Å². The molecule has 0 aliphatic carbocycles. The van der Waals surface area contributed by atoms with Gasteiger partial charge in [-0.3, -0.25) is 4.79 Å². The molecule has 0 saturated heterocycles. The smallest absolute Gasteiger partial charge is 0.239 e. The minimum atomic E-state index is -0.734. The van der Waals surface area contributed by atoms with E-state index in [2.05, 4.69) is 11.8 Å². The first-order valence-corrected chi connectivity index (χ1v) is 6.57. The van der Waals surface area contributed by atoms with Gasteiger partial charge in [0.2, 0.25) is 5.78 Å². The molecule has 3 heteroatoms. The molecule has 0 fully saturated rings. The Morgan fingerprint density at radius 1 is 1.05 bits per heavy atom. The fourth-order valence-electron chi connectivity index (χ4n) is 1.81. The Labute approximate surface area is 124 Å². The molecule has 0 aliphatic heterocycles. The summed E-state index contributed by atoms with van der Waals surface area (Å²) in [5.41, 5.74) is 1.56. The van der Waals surface area contributed by atoms with Crippen LogP contribution < -0.4 is 0 Å².